The van der Waals surface area contributed by atoms with E-state index in [0.717, 1.165) is 16.9 Å². The normalized spacial score (nSPS) is 16.1. The highest BCUT2D eigenvalue weighted by atomic mass is 32.1. The summed E-state index contributed by atoms with van der Waals surface area (Å²) >= 11 is 2.87. The molecule has 1 aliphatic rings. The first-order valence-electron chi connectivity index (χ1n) is 9.91. The Morgan fingerprint density at radius 1 is 1.26 bits per heavy atom. The Bertz CT molecular complexity index is 1320. The highest BCUT2D eigenvalue weighted by Crippen LogP contribution is 2.35. The molecule has 1 aromatic carbocycles. The topological polar surface area (TPSA) is 69.9 Å². The van der Waals surface area contributed by atoms with Crippen molar-refractivity contribution >= 4 is 34.7 Å². The molecule has 8 heteroatoms. The van der Waals surface area contributed by atoms with Crippen LogP contribution in [-0.2, 0) is 9.53 Å². The number of carbonyl (C=O) groups excluding carboxylic acids is 1. The van der Waals surface area contributed by atoms with E-state index in [4.69, 9.17) is 9.47 Å². The molecule has 0 saturated heterocycles. The van der Waals surface area contributed by atoms with Crippen LogP contribution < -0.4 is 19.6 Å². The van der Waals surface area contributed by atoms with Crippen molar-refractivity contribution in [3.05, 3.63) is 83.2 Å². The predicted molar refractivity (Wildman–Crippen MR) is 122 cm³/mol. The number of carbonyl (C=O) groups is 1. The molecule has 1 atom stereocenters. The average molecular weight is 455 g/mol. The number of fused-ring (bicyclic) bond motifs is 1. The number of hydrogen-bond donors (Lipinski definition) is 0. The van der Waals surface area contributed by atoms with E-state index in [1.54, 1.807) is 22.8 Å². The fourth-order valence-corrected chi connectivity index (χ4v) is 5.31. The van der Waals surface area contributed by atoms with Crippen molar-refractivity contribution in [1.82, 2.24) is 4.57 Å². The number of esters is 1. The number of thiazole rings is 1. The van der Waals surface area contributed by atoms with Crippen LogP contribution in [0.4, 0.5) is 0 Å². The van der Waals surface area contributed by atoms with Crippen LogP contribution in [0, 0.1) is 0 Å². The number of rotatable bonds is 6. The third-order valence-electron chi connectivity index (χ3n) is 4.92. The summed E-state index contributed by atoms with van der Waals surface area (Å²) in [7, 11) is 1.33. The first kappa shape index (κ1) is 21.3. The molecule has 0 amide bonds. The van der Waals surface area contributed by atoms with Gasteiger partial charge < -0.3 is 9.47 Å². The summed E-state index contributed by atoms with van der Waals surface area (Å²) in [6, 6.07) is 10.7. The standard InChI is InChI=1S/C23H22N2O4S2/c1-4-11-29-17-10-6-5-9-16(17)20-19(22(27)28-3)14(2)24-23-25(20)21(26)18(31-23)13-15-8-7-12-30-15/h5-10,12-13,20H,4,11H2,1-3H3/b18-13+/t20-/m0/s1. The van der Waals surface area contributed by atoms with Gasteiger partial charge in [-0.25, -0.2) is 9.79 Å². The Labute approximate surface area is 187 Å². The minimum atomic E-state index is -0.678. The number of aromatic nitrogens is 1. The van der Waals surface area contributed by atoms with Gasteiger partial charge in [0.1, 0.15) is 11.8 Å². The predicted octanol–water partition coefficient (Wildman–Crippen LogP) is 3.26. The van der Waals surface area contributed by atoms with Crippen molar-refractivity contribution < 1.29 is 14.3 Å². The van der Waals surface area contributed by atoms with E-state index >= 15 is 0 Å². The summed E-state index contributed by atoms with van der Waals surface area (Å²) in [4.78, 5) is 32.4. The third-order valence-corrected chi connectivity index (χ3v) is 6.72. The maximum atomic E-state index is 13.5. The molecule has 6 nitrogen and oxygen atoms in total. The summed E-state index contributed by atoms with van der Waals surface area (Å²) in [6.07, 6.45) is 2.71. The second-order valence-corrected chi connectivity index (χ2v) is 8.96. The van der Waals surface area contributed by atoms with Gasteiger partial charge in [-0.2, -0.15) is 0 Å². The molecule has 1 aliphatic heterocycles. The number of thiophene rings is 1. The fraction of sp³-hybridized carbons (Fsp3) is 0.261. The van der Waals surface area contributed by atoms with Crippen LogP contribution in [0.5, 0.6) is 5.75 Å². The van der Waals surface area contributed by atoms with E-state index in [9.17, 15) is 9.59 Å². The molecule has 160 valence electrons. The van der Waals surface area contributed by atoms with Gasteiger partial charge in [-0.1, -0.05) is 42.5 Å². The van der Waals surface area contributed by atoms with E-state index in [2.05, 4.69) is 4.99 Å². The zero-order chi connectivity index (χ0) is 22.0. The van der Waals surface area contributed by atoms with Gasteiger partial charge in [-0.05, 0) is 36.9 Å². The molecule has 0 bridgehead atoms. The molecule has 0 unspecified atom stereocenters. The smallest absolute Gasteiger partial charge is 0.338 e. The second-order valence-electron chi connectivity index (χ2n) is 6.98. The molecule has 0 fully saturated rings. The fourth-order valence-electron chi connectivity index (χ4n) is 3.54. The highest BCUT2D eigenvalue weighted by molar-refractivity contribution is 7.11. The monoisotopic (exact) mass is 454 g/mol. The average Bonchev–Trinajstić information content (AvgIpc) is 3.39. The summed E-state index contributed by atoms with van der Waals surface area (Å²) in [6.45, 7) is 4.33. The van der Waals surface area contributed by atoms with E-state index in [0.29, 0.717) is 33.0 Å². The quantitative estimate of drug-likeness (QED) is 0.536. The highest BCUT2D eigenvalue weighted by Gasteiger charge is 2.34. The Morgan fingerprint density at radius 3 is 2.77 bits per heavy atom. The molecule has 3 aromatic rings. The van der Waals surface area contributed by atoms with Gasteiger partial charge in [0.2, 0.25) is 0 Å². The maximum Gasteiger partial charge on any atom is 0.338 e. The molecular weight excluding hydrogens is 432 g/mol. The van der Waals surface area contributed by atoms with Crippen LogP contribution in [0.15, 0.2) is 62.8 Å². The lowest BCUT2D eigenvalue weighted by Gasteiger charge is -2.26. The number of allylic oxidation sites excluding steroid dienone is 1. The molecule has 0 saturated carbocycles. The molecule has 3 heterocycles. The summed E-state index contributed by atoms with van der Waals surface area (Å²) in [5.41, 5.74) is 1.41. The minimum Gasteiger partial charge on any atom is -0.493 e. The maximum absolute atomic E-state index is 13.5. The van der Waals surface area contributed by atoms with Gasteiger partial charge in [0, 0.05) is 10.4 Å². The third kappa shape index (κ3) is 4.00. The summed E-state index contributed by atoms with van der Waals surface area (Å²) in [5.74, 6) is 0.127. The van der Waals surface area contributed by atoms with Crippen molar-refractivity contribution in [3.63, 3.8) is 0 Å². The van der Waals surface area contributed by atoms with Crippen LogP contribution in [0.3, 0.4) is 0 Å². The lowest BCUT2D eigenvalue weighted by atomic mass is 9.95. The van der Waals surface area contributed by atoms with E-state index in [-0.39, 0.29) is 5.56 Å². The van der Waals surface area contributed by atoms with Gasteiger partial charge in [0.25, 0.3) is 5.56 Å². The van der Waals surface area contributed by atoms with Crippen molar-refractivity contribution in [2.24, 2.45) is 4.99 Å². The van der Waals surface area contributed by atoms with Crippen LogP contribution in [0.1, 0.15) is 36.8 Å². The van der Waals surface area contributed by atoms with Crippen molar-refractivity contribution in [3.8, 4) is 5.75 Å². The molecular formula is C23H22N2O4S2. The van der Waals surface area contributed by atoms with Crippen LogP contribution in [0.25, 0.3) is 6.08 Å². The number of para-hydroxylation sites is 1. The van der Waals surface area contributed by atoms with Crippen LogP contribution >= 0.6 is 22.7 Å². The number of methoxy groups -OCH3 is 1. The van der Waals surface area contributed by atoms with Gasteiger partial charge in [0.05, 0.1) is 29.5 Å². The van der Waals surface area contributed by atoms with Gasteiger partial charge >= 0.3 is 5.97 Å². The SMILES string of the molecule is CCCOc1ccccc1[C@H]1C(C(=O)OC)=C(C)N=c2s/c(=C/c3cccs3)c(=O)n21. The molecule has 0 spiro atoms. The molecule has 2 aromatic heterocycles. The minimum absolute atomic E-state index is 0.193. The molecule has 0 aliphatic carbocycles. The van der Waals surface area contributed by atoms with Gasteiger partial charge in [-0.3, -0.25) is 9.36 Å². The first-order chi connectivity index (χ1) is 15.0. The van der Waals surface area contributed by atoms with Crippen LogP contribution in [-0.4, -0.2) is 24.3 Å². The molecule has 0 radical (unpaired) electrons. The van der Waals surface area contributed by atoms with Crippen LogP contribution in [0.2, 0.25) is 0 Å². The van der Waals surface area contributed by atoms with Crippen molar-refractivity contribution in [2.45, 2.75) is 26.3 Å². The van der Waals surface area contributed by atoms with Gasteiger partial charge in [-0.15, -0.1) is 11.3 Å². The number of hydrogen-bond acceptors (Lipinski definition) is 7. The second kappa shape index (κ2) is 9.03. The molecule has 0 N–H and O–H groups in total. The Morgan fingerprint density at radius 2 is 2.06 bits per heavy atom. The summed E-state index contributed by atoms with van der Waals surface area (Å²) < 4.78 is 13.2. The zero-order valence-electron chi connectivity index (χ0n) is 17.5. The number of ether oxygens (including phenoxy) is 2. The lowest BCUT2D eigenvalue weighted by Crippen LogP contribution is -2.40. The Balaban J connectivity index is 1.98. The molecule has 31 heavy (non-hydrogen) atoms. The van der Waals surface area contributed by atoms with Crippen molar-refractivity contribution in [1.29, 1.82) is 0 Å². The number of benzene rings is 1. The van der Waals surface area contributed by atoms with E-state index < -0.39 is 12.0 Å². The molecule has 4 rings (SSSR count). The van der Waals surface area contributed by atoms with Gasteiger partial charge in [0.15, 0.2) is 4.80 Å². The van der Waals surface area contributed by atoms with Crippen molar-refractivity contribution in [2.75, 3.05) is 13.7 Å². The zero-order valence-corrected chi connectivity index (χ0v) is 19.1. The Kier molecular flexibility index (Phi) is 6.20. The van der Waals surface area contributed by atoms with E-state index in [1.165, 1.54) is 18.4 Å². The summed E-state index contributed by atoms with van der Waals surface area (Å²) in [5, 5.41) is 1.96. The first-order valence-corrected chi connectivity index (χ1v) is 11.6. The lowest BCUT2D eigenvalue weighted by molar-refractivity contribution is -0.136. The van der Waals surface area contributed by atoms with E-state index in [1.807, 2.05) is 54.8 Å². The largest absolute Gasteiger partial charge is 0.493 e. The Hall–Kier alpha value is -2.97. The number of nitrogens with zero attached hydrogens (tertiary/aromatic N) is 2.